The van der Waals surface area contributed by atoms with Crippen molar-refractivity contribution in [1.82, 2.24) is 9.97 Å². The van der Waals surface area contributed by atoms with E-state index in [4.69, 9.17) is 15.7 Å². The maximum atomic E-state index is 12.6. The molecule has 0 atom stereocenters. The van der Waals surface area contributed by atoms with E-state index in [1.54, 1.807) is 0 Å². The first-order valence-electron chi connectivity index (χ1n) is 10.1. The Balaban J connectivity index is 1.67. The number of fused-ring (bicyclic) bond motifs is 3. The van der Waals surface area contributed by atoms with Crippen molar-refractivity contribution in [2.24, 2.45) is 5.92 Å². The second-order valence-electron chi connectivity index (χ2n) is 8.04. The van der Waals surface area contributed by atoms with E-state index >= 15 is 0 Å². The van der Waals surface area contributed by atoms with E-state index in [2.05, 4.69) is 19.2 Å². The van der Waals surface area contributed by atoms with Crippen molar-refractivity contribution < 1.29 is 4.79 Å². The topological polar surface area (TPSA) is 80.9 Å². The van der Waals surface area contributed by atoms with Crippen molar-refractivity contribution in [3.8, 4) is 11.3 Å². The van der Waals surface area contributed by atoms with Gasteiger partial charge >= 0.3 is 0 Å². The fourth-order valence-electron chi connectivity index (χ4n) is 3.79. The van der Waals surface area contributed by atoms with Crippen LogP contribution in [-0.2, 0) is 30.5 Å². The van der Waals surface area contributed by atoms with Gasteiger partial charge in [0.15, 0.2) is 5.82 Å². The van der Waals surface area contributed by atoms with E-state index in [1.807, 2.05) is 48.5 Å². The summed E-state index contributed by atoms with van der Waals surface area (Å²) in [5, 5.41) is 3.02. The largest absolute Gasteiger partial charge is 0.399 e. The molecule has 3 aromatic rings. The molecule has 3 N–H and O–H groups in total. The maximum Gasteiger partial charge on any atom is 0.229 e. The fraction of sp³-hybridized carbons (Fsp3) is 0.292. The quantitative estimate of drug-likeness (QED) is 0.644. The Kier molecular flexibility index (Phi) is 5.30. The molecule has 0 radical (unpaired) electrons. The molecular weight excluding hydrogens is 360 g/mol. The molecule has 4 rings (SSSR count). The third kappa shape index (κ3) is 4.29. The highest BCUT2D eigenvalue weighted by Gasteiger charge is 2.23. The average molecular weight is 386 g/mol. The lowest BCUT2D eigenvalue weighted by atomic mass is 9.91. The highest BCUT2D eigenvalue weighted by Crippen LogP contribution is 2.34. The molecular formula is C24H26N4O. The second kappa shape index (κ2) is 8.03. The number of anilines is 2. The molecule has 0 spiro atoms. The molecule has 0 aliphatic heterocycles. The summed E-state index contributed by atoms with van der Waals surface area (Å²) in [6.45, 7) is 4.29. The zero-order valence-corrected chi connectivity index (χ0v) is 16.9. The number of rotatable bonds is 5. The summed E-state index contributed by atoms with van der Waals surface area (Å²) in [5.74, 6) is 0.929. The van der Waals surface area contributed by atoms with Gasteiger partial charge < -0.3 is 11.1 Å². The van der Waals surface area contributed by atoms with Crippen molar-refractivity contribution >= 4 is 17.4 Å². The number of hydrogen-bond acceptors (Lipinski definition) is 4. The summed E-state index contributed by atoms with van der Waals surface area (Å²) >= 11 is 0. The van der Waals surface area contributed by atoms with Crippen LogP contribution >= 0.6 is 0 Å². The third-order valence-electron chi connectivity index (χ3n) is 5.12. The third-order valence-corrected chi connectivity index (χ3v) is 5.12. The lowest BCUT2D eigenvalue weighted by Crippen LogP contribution is -2.20. The minimum Gasteiger partial charge on any atom is -0.399 e. The predicted molar refractivity (Wildman–Crippen MR) is 117 cm³/mol. The van der Waals surface area contributed by atoms with Gasteiger partial charge in [-0.1, -0.05) is 50.2 Å². The van der Waals surface area contributed by atoms with Crippen LogP contribution in [-0.4, -0.2) is 15.9 Å². The molecule has 0 bridgehead atoms. The molecule has 5 nitrogen and oxygen atoms in total. The summed E-state index contributed by atoms with van der Waals surface area (Å²) in [7, 11) is 0. The molecule has 5 heteroatoms. The van der Waals surface area contributed by atoms with Crippen LogP contribution in [0.4, 0.5) is 11.5 Å². The summed E-state index contributed by atoms with van der Waals surface area (Å²) in [5.41, 5.74) is 12.7. The van der Waals surface area contributed by atoms with Gasteiger partial charge in [-0.2, -0.15) is 0 Å². The van der Waals surface area contributed by atoms with Gasteiger partial charge in [0.1, 0.15) is 0 Å². The molecule has 0 saturated heterocycles. The molecule has 1 aliphatic carbocycles. The van der Waals surface area contributed by atoms with Crippen LogP contribution in [0.5, 0.6) is 0 Å². The number of nitrogens with zero attached hydrogens (tertiary/aromatic N) is 2. The number of amides is 1. The smallest absolute Gasteiger partial charge is 0.229 e. The first-order valence-corrected chi connectivity index (χ1v) is 10.1. The summed E-state index contributed by atoms with van der Waals surface area (Å²) in [6.07, 6.45) is 2.75. The molecule has 0 unspecified atom stereocenters. The van der Waals surface area contributed by atoms with Gasteiger partial charge in [-0.05, 0) is 48.4 Å². The number of carbonyl (C=O) groups excluding carboxylic acids is 1. The van der Waals surface area contributed by atoms with Gasteiger partial charge in [-0.3, -0.25) is 4.79 Å². The van der Waals surface area contributed by atoms with Gasteiger partial charge in [0, 0.05) is 11.3 Å². The lowest BCUT2D eigenvalue weighted by Gasteiger charge is -2.21. The molecule has 0 saturated carbocycles. The maximum absolute atomic E-state index is 12.6. The van der Waals surface area contributed by atoms with Crippen molar-refractivity contribution in [3.63, 3.8) is 0 Å². The highest BCUT2D eigenvalue weighted by molar-refractivity contribution is 5.92. The monoisotopic (exact) mass is 386 g/mol. The van der Waals surface area contributed by atoms with Crippen LogP contribution in [0.2, 0.25) is 0 Å². The number of aromatic nitrogens is 2. The van der Waals surface area contributed by atoms with Crippen LogP contribution in [0.15, 0.2) is 48.5 Å². The Morgan fingerprint density at radius 2 is 1.90 bits per heavy atom. The first kappa shape index (κ1) is 19.1. The summed E-state index contributed by atoms with van der Waals surface area (Å²) in [6, 6.07) is 15.7. The second-order valence-corrected chi connectivity index (χ2v) is 8.04. The molecule has 148 valence electrons. The number of nitrogen functional groups attached to an aromatic ring is 1. The minimum absolute atomic E-state index is 0.0700. The zero-order valence-electron chi connectivity index (χ0n) is 16.9. The summed E-state index contributed by atoms with van der Waals surface area (Å²) < 4.78 is 0. The number of hydrogen-bond donors (Lipinski definition) is 2. The van der Waals surface area contributed by atoms with Crippen molar-refractivity contribution in [2.45, 2.75) is 39.5 Å². The normalized spacial score (nSPS) is 12.4. The van der Waals surface area contributed by atoms with Gasteiger partial charge in [0.05, 0.1) is 23.5 Å². The van der Waals surface area contributed by atoms with Crippen molar-refractivity contribution in [1.29, 1.82) is 0 Å². The molecule has 1 aromatic heterocycles. The van der Waals surface area contributed by atoms with Crippen LogP contribution in [0, 0.1) is 5.92 Å². The Morgan fingerprint density at radius 3 is 2.66 bits per heavy atom. The van der Waals surface area contributed by atoms with Gasteiger partial charge in [-0.25, -0.2) is 9.97 Å². The first-order chi connectivity index (χ1) is 14.0. The van der Waals surface area contributed by atoms with Gasteiger partial charge in [0.25, 0.3) is 0 Å². The number of benzene rings is 2. The van der Waals surface area contributed by atoms with Crippen LogP contribution < -0.4 is 11.1 Å². The standard InChI is InChI=1S/C24H26N4O/c1-15(2)12-21-24(28-22(29)13-16-6-4-3-5-7-16)27-20-11-8-17-14-18(25)9-10-19(17)23(20)26-21/h3-7,9-10,14-15H,8,11-13,25H2,1-2H3,(H,27,28,29). The SMILES string of the molecule is CC(C)Cc1nc2c(nc1NC(=O)Cc1ccccc1)CCc1cc(N)ccc1-2. The van der Waals surface area contributed by atoms with E-state index in [0.717, 1.165) is 53.2 Å². The molecule has 1 amide bonds. The molecule has 1 heterocycles. The van der Waals surface area contributed by atoms with Crippen molar-refractivity contribution in [3.05, 3.63) is 71.0 Å². The van der Waals surface area contributed by atoms with E-state index in [0.29, 0.717) is 18.2 Å². The minimum atomic E-state index is -0.0700. The average Bonchev–Trinajstić information content (AvgIpc) is 2.68. The van der Waals surface area contributed by atoms with Gasteiger partial charge in [0.2, 0.25) is 5.91 Å². The Morgan fingerprint density at radius 1 is 1.10 bits per heavy atom. The number of aryl methyl sites for hydroxylation is 2. The number of carbonyl (C=O) groups is 1. The van der Waals surface area contributed by atoms with Crippen LogP contribution in [0.3, 0.4) is 0 Å². The molecule has 29 heavy (non-hydrogen) atoms. The highest BCUT2D eigenvalue weighted by atomic mass is 16.1. The summed E-state index contributed by atoms with van der Waals surface area (Å²) in [4.78, 5) is 22.4. The number of nitrogens with two attached hydrogens (primary N) is 1. The predicted octanol–water partition coefficient (Wildman–Crippen LogP) is 4.20. The molecule has 0 fully saturated rings. The van der Waals surface area contributed by atoms with Crippen LogP contribution in [0.25, 0.3) is 11.3 Å². The lowest BCUT2D eigenvalue weighted by molar-refractivity contribution is -0.115. The van der Waals surface area contributed by atoms with Crippen LogP contribution in [0.1, 0.15) is 36.4 Å². The zero-order chi connectivity index (χ0) is 20.4. The van der Waals surface area contributed by atoms with E-state index < -0.39 is 0 Å². The fourth-order valence-corrected chi connectivity index (χ4v) is 3.79. The Bertz CT molecular complexity index is 1040. The molecule has 2 aromatic carbocycles. The van der Waals surface area contributed by atoms with Crippen molar-refractivity contribution in [2.75, 3.05) is 11.1 Å². The van der Waals surface area contributed by atoms with E-state index in [-0.39, 0.29) is 5.91 Å². The molecule has 1 aliphatic rings. The Hall–Kier alpha value is -3.21. The Labute approximate surface area is 171 Å². The van der Waals surface area contributed by atoms with E-state index in [9.17, 15) is 4.79 Å². The van der Waals surface area contributed by atoms with Gasteiger partial charge in [-0.15, -0.1) is 0 Å². The van der Waals surface area contributed by atoms with E-state index in [1.165, 1.54) is 5.56 Å². The number of nitrogens with one attached hydrogen (secondary N) is 1.